The lowest BCUT2D eigenvalue weighted by molar-refractivity contribution is -0.120. The zero-order chi connectivity index (χ0) is 9.73. The van der Waals surface area contributed by atoms with Crippen LogP contribution in [0.4, 0.5) is 0 Å². The molecule has 0 aromatic heterocycles. The molecule has 0 bridgehead atoms. The average molecular weight is 181 g/mol. The highest BCUT2D eigenvalue weighted by molar-refractivity contribution is 5.72. The molecule has 0 unspecified atom stereocenters. The second kappa shape index (κ2) is 4.24. The first-order valence-electron chi connectivity index (χ1n) is 4.63. The van der Waals surface area contributed by atoms with Gasteiger partial charge in [0.15, 0.2) is 0 Å². The van der Waals surface area contributed by atoms with Gasteiger partial charge in [0.25, 0.3) is 0 Å². The zero-order valence-corrected chi connectivity index (χ0v) is 7.89. The van der Waals surface area contributed by atoms with Crippen LogP contribution in [0, 0.1) is 11.3 Å². The van der Waals surface area contributed by atoms with Crippen LogP contribution in [0.5, 0.6) is 0 Å². The number of nitriles is 1. The molecule has 0 atom stereocenters. The van der Waals surface area contributed by atoms with Gasteiger partial charge in [0.05, 0.1) is 6.07 Å². The predicted octanol–water partition coefficient (Wildman–Crippen LogP) is 0.854. The lowest BCUT2D eigenvalue weighted by atomic mass is 9.83. The Morgan fingerprint density at radius 1 is 1.38 bits per heavy atom. The number of nitrogens with zero attached hydrogens (tertiary/aromatic N) is 1. The molecular weight excluding hydrogens is 166 g/mol. The monoisotopic (exact) mass is 181 g/mol. The molecule has 72 valence electrons. The van der Waals surface area contributed by atoms with Gasteiger partial charge < -0.3 is 0 Å². The van der Waals surface area contributed by atoms with Crippen LogP contribution in [0.25, 0.3) is 0 Å². The fourth-order valence-corrected chi connectivity index (χ4v) is 1.63. The fraction of sp³-hybridized carbons (Fsp3) is 0.778. The van der Waals surface area contributed by atoms with Crippen molar-refractivity contribution in [3.63, 3.8) is 0 Å². The van der Waals surface area contributed by atoms with E-state index >= 15 is 0 Å². The highest BCUT2D eigenvalue weighted by atomic mass is 16.2. The summed E-state index contributed by atoms with van der Waals surface area (Å²) in [6.45, 7) is 1.43. The Kier molecular flexibility index (Phi) is 3.26. The van der Waals surface area contributed by atoms with Crippen LogP contribution in [0.3, 0.4) is 0 Å². The minimum absolute atomic E-state index is 0.153. The van der Waals surface area contributed by atoms with Crippen molar-refractivity contribution in [2.24, 2.45) is 0 Å². The molecule has 13 heavy (non-hydrogen) atoms. The molecule has 1 rings (SSSR count). The molecule has 1 fully saturated rings. The topological polar surface area (TPSA) is 64.9 Å². The van der Waals surface area contributed by atoms with E-state index in [1.807, 2.05) is 0 Å². The first kappa shape index (κ1) is 10.0. The van der Waals surface area contributed by atoms with E-state index < -0.39 is 5.54 Å². The number of hydrazine groups is 1. The molecule has 0 aliphatic heterocycles. The van der Waals surface area contributed by atoms with E-state index in [2.05, 4.69) is 16.9 Å². The van der Waals surface area contributed by atoms with Gasteiger partial charge in [-0.25, -0.2) is 5.43 Å². The van der Waals surface area contributed by atoms with Crippen molar-refractivity contribution < 1.29 is 4.79 Å². The zero-order valence-electron chi connectivity index (χ0n) is 7.89. The van der Waals surface area contributed by atoms with Gasteiger partial charge in [0, 0.05) is 6.92 Å². The van der Waals surface area contributed by atoms with Crippen molar-refractivity contribution in [2.45, 2.75) is 44.6 Å². The summed E-state index contributed by atoms with van der Waals surface area (Å²) < 4.78 is 0. The van der Waals surface area contributed by atoms with Gasteiger partial charge in [0.1, 0.15) is 5.54 Å². The van der Waals surface area contributed by atoms with E-state index in [1.165, 1.54) is 13.3 Å². The molecule has 1 aliphatic rings. The van der Waals surface area contributed by atoms with Crippen LogP contribution in [0.15, 0.2) is 0 Å². The number of carbonyl (C=O) groups excluding carboxylic acids is 1. The smallest absolute Gasteiger partial charge is 0.231 e. The summed E-state index contributed by atoms with van der Waals surface area (Å²) in [6.07, 6.45) is 4.94. The van der Waals surface area contributed by atoms with Crippen LogP contribution >= 0.6 is 0 Å². The van der Waals surface area contributed by atoms with E-state index in [0.29, 0.717) is 0 Å². The van der Waals surface area contributed by atoms with Crippen LogP contribution < -0.4 is 10.9 Å². The molecule has 4 nitrogen and oxygen atoms in total. The third-order valence-corrected chi connectivity index (χ3v) is 2.40. The summed E-state index contributed by atoms with van der Waals surface area (Å²) in [4.78, 5) is 10.7. The standard InChI is InChI=1S/C9H15N3O/c1-8(13)11-12-9(7-10)5-3-2-4-6-9/h12H,2-6H2,1H3,(H,11,13). The Morgan fingerprint density at radius 2 is 2.00 bits per heavy atom. The number of hydrogen-bond acceptors (Lipinski definition) is 3. The summed E-state index contributed by atoms with van der Waals surface area (Å²) >= 11 is 0. The van der Waals surface area contributed by atoms with Crippen molar-refractivity contribution in [3.05, 3.63) is 0 Å². The van der Waals surface area contributed by atoms with Gasteiger partial charge in [0.2, 0.25) is 5.91 Å². The quantitative estimate of drug-likeness (QED) is 0.621. The molecule has 4 heteroatoms. The molecule has 1 aliphatic carbocycles. The van der Waals surface area contributed by atoms with Crippen LogP contribution in [-0.4, -0.2) is 11.4 Å². The fourth-order valence-electron chi connectivity index (χ4n) is 1.63. The molecular formula is C9H15N3O. The molecule has 0 radical (unpaired) electrons. The molecule has 0 saturated heterocycles. The number of nitrogens with one attached hydrogen (secondary N) is 2. The Balaban J connectivity index is 2.49. The number of amides is 1. The molecule has 0 aromatic carbocycles. The molecule has 1 amide bonds. The maximum atomic E-state index is 10.7. The van der Waals surface area contributed by atoms with Gasteiger partial charge >= 0.3 is 0 Å². The minimum Gasteiger partial charge on any atom is -0.290 e. The largest absolute Gasteiger partial charge is 0.290 e. The number of carbonyl (C=O) groups is 1. The summed E-state index contributed by atoms with van der Waals surface area (Å²) in [6, 6.07) is 2.25. The van der Waals surface area contributed by atoms with E-state index in [1.54, 1.807) is 0 Å². The van der Waals surface area contributed by atoms with Crippen LogP contribution in [0.2, 0.25) is 0 Å². The van der Waals surface area contributed by atoms with Crippen molar-refractivity contribution in [1.82, 2.24) is 10.9 Å². The minimum atomic E-state index is -0.524. The third kappa shape index (κ3) is 2.71. The first-order chi connectivity index (χ1) is 6.18. The van der Waals surface area contributed by atoms with Crippen molar-refractivity contribution in [2.75, 3.05) is 0 Å². The Bertz CT molecular complexity index is 226. The lowest BCUT2D eigenvalue weighted by Gasteiger charge is -2.31. The lowest BCUT2D eigenvalue weighted by Crippen LogP contribution is -2.53. The van der Waals surface area contributed by atoms with Crippen molar-refractivity contribution in [1.29, 1.82) is 5.26 Å². The third-order valence-electron chi connectivity index (χ3n) is 2.40. The van der Waals surface area contributed by atoms with Gasteiger partial charge in [-0.15, -0.1) is 0 Å². The Morgan fingerprint density at radius 3 is 2.46 bits per heavy atom. The molecule has 0 aromatic rings. The van der Waals surface area contributed by atoms with Crippen LogP contribution in [-0.2, 0) is 4.79 Å². The Hall–Kier alpha value is -1.08. The summed E-state index contributed by atoms with van der Waals surface area (Å²) in [7, 11) is 0. The maximum Gasteiger partial charge on any atom is 0.231 e. The Labute approximate surface area is 78.3 Å². The average Bonchev–Trinajstić information content (AvgIpc) is 2.16. The SMILES string of the molecule is CC(=O)NNC1(C#N)CCCCC1. The highest BCUT2D eigenvalue weighted by Gasteiger charge is 2.31. The second-order valence-electron chi connectivity index (χ2n) is 3.56. The van der Waals surface area contributed by atoms with Gasteiger partial charge in [-0.05, 0) is 12.8 Å². The summed E-state index contributed by atoms with van der Waals surface area (Å²) in [5, 5.41) is 8.99. The van der Waals surface area contributed by atoms with E-state index in [0.717, 1.165) is 25.7 Å². The van der Waals surface area contributed by atoms with Crippen molar-refractivity contribution in [3.8, 4) is 6.07 Å². The molecule has 0 spiro atoms. The predicted molar refractivity (Wildman–Crippen MR) is 48.4 cm³/mol. The van der Waals surface area contributed by atoms with Crippen molar-refractivity contribution >= 4 is 5.91 Å². The molecule has 0 heterocycles. The number of hydrogen-bond donors (Lipinski definition) is 2. The molecule has 2 N–H and O–H groups in total. The maximum absolute atomic E-state index is 10.7. The molecule has 1 saturated carbocycles. The van der Waals surface area contributed by atoms with E-state index in [-0.39, 0.29) is 5.91 Å². The number of rotatable bonds is 2. The second-order valence-corrected chi connectivity index (χ2v) is 3.56. The van der Waals surface area contributed by atoms with Gasteiger partial charge in [-0.1, -0.05) is 19.3 Å². The van der Waals surface area contributed by atoms with E-state index in [4.69, 9.17) is 5.26 Å². The normalized spacial score (nSPS) is 20.3. The highest BCUT2D eigenvalue weighted by Crippen LogP contribution is 2.26. The van der Waals surface area contributed by atoms with Crippen LogP contribution in [0.1, 0.15) is 39.0 Å². The van der Waals surface area contributed by atoms with Gasteiger partial charge in [-0.3, -0.25) is 10.2 Å². The summed E-state index contributed by atoms with van der Waals surface area (Å²) in [5.41, 5.74) is 4.80. The first-order valence-corrected chi connectivity index (χ1v) is 4.63. The summed E-state index contributed by atoms with van der Waals surface area (Å²) in [5.74, 6) is -0.153. The van der Waals surface area contributed by atoms with Gasteiger partial charge in [-0.2, -0.15) is 5.26 Å². The van der Waals surface area contributed by atoms with E-state index in [9.17, 15) is 4.79 Å².